The number of benzene rings is 4. The second-order valence-corrected chi connectivity index (χ2v) is 20.0. The predicted molar refractivity (Wildman–Crippen MR) is 252 cm³/mol. The van der Waals surface area contributed by atoms with Gasteiger partial charge in [-0.1, -0.05) is 60.7 Å². The predicted octanol–water partition coefficient (Wildman–Crippen LogP) is 9.29. The maximum atomic E-state index is 12.9. The second kappa shape index (κ2) is 23.6. The number of carbonyl (C=O) groups is 4. The van der Waals surface area contributed by atoms with Crippen LogP contribution in [0.3, 0.4) is 0 Å². The Bertz CT molecular complexity index is 2010. The van der Waals surface area contributed by atoms with E-state index in [-0.39, 0.29) is 47.5 Å². The molecule has 2 aliphatic heterocycles. The number of thioether (sulfide) groups is 4. The number of carbonyl (C=O) groups excluding carboxylic acids is 4. The molecule has 0 radical (unpaired) electrons. The van der Waals surface area contributed by atoms with Crippen LogP contribution in [-0.4, -0.2) is 94.7 Å². The molecule has 2 fully saturated rings. The lowest BCUT2D eigenvalue weighted by Gasteiger charge is -2.22. The first-order valence-electron chi connectivity index (χ1n) is 20.2. The summed E-state index contributed by atoms with van der Waals surface area (Å²) in [5.41, 5.74) is 7.11. The number of esters is 4. The molecule has 0 bridgehead atoms. The average molecular weight is 915 g/mol. The Kier molecular flexibility index (Phi) is 17.8. The van der Waals surface area contributed by atoms with Crippen LogP contribution >= 0.6 is 47.0 Å². The van der Waals surface area contributed by atoms with Gasteiger partial charge in [-0.05, 0) is 109 Å². The zero-order valence-electron chi connectivity index (χ0n) is 35.1. The van der Waals surface area contributed by atoms with Gasteiger partial charge in [0.05, 0.1) is 0 Å². The van der Waals surface area contributed by atoms with Crippen LogP contribution in [-0.2, 0) is 38.1 Å². The topological polar surface area (TPSA) is 124 Å². The third kappa shape index (κ3) is 14.1. The summed E-state index contributed by atoms with van der Waals surface area (Å²) >= 11 is 6.19. The largest absolute Gasteiger partial charge is 0.489 e. The maximum absolute atomic E-state index is 12.9. The van der Waals surface area contributed by atoms with Crippen LogP contribution in [0.5, 0.6) is 11.5 Å². The highest BCUT2D eigenvalue weighted by molar-refractivity contribution is 8.21. The minimum absolute atomic E-state index is 0.0221. The number of aryl methyl sites for hydroxylation is 4. The van der Waals surface area contributed by atoms with Gasteiger partial charge in [0.15, 0.2) is 12.2 Å². The molecule has 326 valence electrons. The van der Waals surface area contributed by atoms with Crippen molar-refractivity contribution in [2.75, 3.05) is 49.4 Å². The summed E-state index contributed by atoms with van der Waals surface area (Å²) in [4.78, 5) is 51.2. The highest BCUT2D eigenvalue weighted by atomic mass is 32.2. The van der Waals surface area contributed by atoms with Crippen LogP contribution in [0.1, 0.15) is 33.4 Å². The van der Waals surface area contributed by atoms with Crippen molar-refractivity contribution in [1.82, 2.24) is 0 Å². The van der Waals surface area contributed by atoms with Gasteiger partial charge in [-0.3, -0.25) is 0 Å². The van der Waals surface area contributed by atoms with Gasteiger partial charge in [0.25, 0.3) is 0 Å². The average Bonchev–Trinajstić information content (AvgIpc) is 4.02. The summed E-state index contributed by atoms with van der Waals surface area (Å²) in [5, 5.41) is 0. The number of hydrogen-bond acceptors (Lipinski definition) is 14. The molecule has 6 rings (SSSR count). The molecule has 0 amide bonds. The van der Waals surface area contributed by atoms with Gasteiger partial charge < -0.3 is 28.4 Å². The van der Waals surface area contributed by atoms with Gasteiger partial charge in [0, 0.05) is 35.2 Å². The van der Waals surface area contributed by atoms with Crippen LogP contribution in [0.4, 0.5) is 0 Å². The number of ether oxygens (including phenoxy) is 6. The van der Waals surface area contributed by atoms with Gasteiger partial charge in [0.2, 0.25) is 0 Å². The van der Waals surface area contributed by atoms with E-state index in [1.54, 1.807) is 59.2 Å². The van der Waals surface area contributed by atoms with Crippen molar-refractivity contribution in [3.8, 4) is 22.6 Å². The molecule has 2 atom stereocenters. The molecule has 14 heteroatoms. The second-order valence-electron chi connectivity index (χ2n) is 14.5. The first-order chi connectivity index (χ1) is 30.0. The van der Waals surface area contributed by atoms with Crippen molar-refractivity contribution in [2.45, 2.75) is 49.1 Å². The lowest BCUT2D eigenvalue weighted by atomic mass is 9.96. The molecule has 4 aromatic rings. The van der Waals surface area contributed by atoms with E-state index in [4.69, 9.17) is 28.4 Å². The van der Waals surface area contributed by atoms with Gasteiger partial charge >= 0.3 is 23.9 Å². The van der Waals surface area contributed by atoms with Gasteiger partial charge in [-0.15, -0.1) is 47.0 Å². The Morgan fingerprint density at radius 3 is 1.21 bits per heavy atom. The van der Waals surface area contributed by atoms with E-state index in [0.717, 1.165) is 67.5 Å². The zero-order valence-corrected chi connectivity index (χ0v) is 38.3. The van der Waals surface area contributed by atoms with Gasteiger partial charge in [0.1, 0.15) is 47.1 Å². The van der Waals surface area contributed by atoms with Crippen molar-refractivity contribution < 1.29 is 47.6 Å². The minimum Gasteiger partial charge on any atom is -0.489 e. The van der Waals surface area contributed by atoms with Crippen LogP contribution in [0.15, 0.2) is 97.1 Å². The van der Waals surface area contributed by atoms with Crippen LogP contribution in [0.2, 0.25) is 0 Å². The fraction of sp³-hybridized carbons (Fsp3) is 0.333. The number of hydrogen-bond donors (Lipinski definition) is 0. The van der Waals surface area contributed by atoms with E-state index in [1.165, 1.54) is 12.2 Å². The molecule has 4 aromatic carbocycles. The summed E-state index contributed by atoms with van der Waals surface area (Å²) in [7, 11) is 0. The van der Waals surface area contributed by atoms with Crippen LogP contribution in [0.25, 0.3) is 23.3 Å². The Hall–Kier alpha value is -4.76. The highest BCUT2D eigenvalue weighted by Gasteiger charge is 2.29. The van der Waals surface area contributed by atoms with Crippen LogP contribution < -0.4 is 9.47 Å². The molecule has 2 saturated heterocycles. The molecule has 10 nitrogen and oxygen atoms in total. The minimum atomic E-state index is -0.842. The summed E-state index contributed by atoms with van der Waals surface area (Å²) in [6.07, 6.45) is 4.36. The Balaban J connectivity index is 1.11. The summed E-state index contributed by atoms with van der Waals surface area (Å²) in [6.45, 7) is 7.50. The fourth-order valence-corrected chi connectivity index (χ4v) is 11.8. The van der Waals surface area contributed by atoms with Gasteiger partial charge in [-0.25, -0.2) is 19.2 Å². The SMILES string of the molecule is Cc1cc(-c2cc(C)c(OCC(COC(=O)C3SCCS3)OC(=O)/C=C/c3ccccc3)c(C)c2)cc(C)c1OCC(COC(=O)C1SCCS1)OC(=O)/C=C/c1ccccc1. The fourth-order valence-electron chi connectivity index (χ4n) is 6.61. The number of rotatable bonds is 19. The smallest absolute Gasteiger partial charge is 0.331 e. The molecule has 0 saturated carbocycles. The van der Waals surface area contributed by atoms with Gasteiger partial charge in [-0.2, -0.15) is 0 Å². The molecule has 2 heterocycles. The van der Waals surface area contributed by atoms with E-state index in [0.29, 0.717) is 11.5 Å². The van der Waals surface area contributed by atoms with E-state index in [9.17, 15) is 19.2 Å². The molecule has 0 N–H and O–H groups in total. The van der Waals surface area contributed by atoms with E-state index < -0.39 is 24.1 Å². The van der Waals surface area contributed by atoms with E-state index >= 15 is 0 Å². The molecule has 0 spiro atoms. The zero-order chi connectivity index (χ0) is 43.8. The summed E-state index contributed by atoms with van der Waals surface area (Å²) in [5.74, 6) is 2.99. The first-order valence-corrected chi connectivity index (χ1v) is 24.4. The van der Waals surface area contributed by atoms with E-state index in [1.807, 2.05) is 113 Å². The molecule has 62 heavy (non-hydrogen) atoms. The third-order valence-corrected chi connectivity index (χ3v) is 15.4. The first kappa shape index (κ1) is 46.7. The Labute approximate surface area is 380 Å². The lowest BCUT2D eigenvalue weighted by Crippen LogP contribution is -2.32. The Morgan fingerprint density at radius 1 is 0.532 bits per heavy atom. The molecule has 0 aromatic heterocycles. The quantitative estimate of drug-likeness (QED) is 0.0504. The highest BCUT2D eigenvalue weighted by Crippen LogP contribution is 2.36. The Morgan fingerprint density at radius 2 is 0.871 bits per heavy atom. The maximum Gasteiger partial charge on any atom is 0.331 e. The van der Waals surface area contributed by atoms with Crippen molar-refractivity contribution >= 4 is 83.1 Å². The molecule has 0 aliphatic carbocycles. The molecule has 2 unspecified atom stereocenters. The van der Waals surface area contributed by atoms with Crippen molar-refractivity contribution in [3.63, 3.8) is 0 Å². The van der Waals surface area contributed by atoms with E-state index in [2.05, 4.69) is 0 Å². The van der Waals surface area contributed by atoms with Crippen molar-refractivity contribution in [1.29, 1.82) is 0 Å². The molecular formula is C48H50O10S4. The van der Waals surface area contributed by atoms with Crippen molar-refractivity contribution in [3.05, 3.63) is 130 Å². The summed E-state index contributed by atoms with van der Waals surface area (Å²) < 4.78 is 34.7. The molecular weight excluding hydrogens is 865 g/mol. The normalized spacial score (nSPS) is 15.4. The monoisotopic (exact) mass is 914 g/mol. The summed E-state index contributed by atoms with van der Waals surface area (Å²) in [6, 6.07) is 27.0. The molecule has 2 aliphatic rings. The lowest BCUT2D eigenvalue weighted by molar-refractivity contribution is -0.156. The standard InChI is InChI=1S/C48H50O10S4/c1-31-23-37(24-32(2)43(31)53-27-39(29-55-45(51)47-59-19-20-60-47)57-41(49)17-15-35-11-7-5-8-12-35)38-25-33(3)44(34(4)26-38)54-28-40(30-56-46(52)48-61-21-22-62-48)58-42(50)18-16-36-13-9-6-10-14-36/h5-18,23-26,39-40,47-48H,19-22,27-30H2,1-4H3/b17-15+,18-16+. The third-order valence-electron chi connectivity index (χ3n) is 9.52. The van der Waals surface area contributed by atoms with Crippen LogP contribution in [0, 0.1) is 27.7 Å². The van der Waals surface area contributed by atoms with Crippen molar-refractivity contribution in [2.24, 2.45) is 0 Å².